The van der Waals surface area contributed by atoms with Gasteiger partial charge in [0, 0.05) is 40.7 Å². The predicted molar refractivity (Wildman–Crippen MR) is 294 cm³/mol. The maximum absolute atomic E-state index is 13.1. The van der Waals surface area contributed by atoms with Crippen LogP contribution in [0.25, 0.3) is 22.9 Å². The summed E-state index contributed by atoms with van der Waals surface area (Å²) in [5.41, 5.74) is 7.17. The number of imidazole rings is 1. The fourth-order valence-corrected chi connectivity index (χ4v) is 19.4. The summed E-state index contributed by atoms with van der Waals surface area (Å²) >= 11 is 0. The number of aryl methyl sites for hydroxylation is 2. The second-order valence-corrected chi connectivity index (χ2v) is 24.9. The summed E-state index contributed by atoms with van der Waals surface area (Å²) < 4.78 is 0. The van der Waals surface area contributed by atoms with Crippen LogP contribution in [0.4, 0.5) is 0 Å². The monoisotopic (exact) mass is 1020 g/mol. The zero-order valence-corrected chi connectivity index (χ0v) is 43.2. The largest absolute Gasteiger partial charge is 0.507 e. The number of H-pyrrole nitrogens is 1. The zero-order chi connectivity index (χ0) is 51.7. The molecule has 6 aromatic rings. The van der Waals surface area contributed by atoms with E-state index in [2.05, 4.69) is 82.4 Å². The van der Waals surface area contributed by atoms with Crippen LogP contribution in [0, 0.1) is 45.8 Å². The van der Waals surface area contributed by atoms with Gasteiger partial charge in [-0.05, 0) is 188 Å². The van der Waals surface area contributed by atoms with Crippen molar-refractivity contribution >= 4 is 22.9 Å². The van der Waals surface area contributed by atoms with Crippen LogP contribution in [0.15, 0.2) is 109 Å². The first-order valence-corrected chi connectivity index (χ1v) is 28.5. The van der Waals surface area contributed by atoms with Gasteiger partial charge in [0.2, 0.25) is 0 Å². The van der Waals surface area contributed by atoms with Crippen LogP contribution in [0.5, 0.6) is 28.7 Å². The van der Waals surface area contributed by atoms with Crippen molar-refractivity contribution in [1.82, 2.24) is 20.6 Å². The Hall–Kier alpha value is -6.11. The summed E-state index contributed by atoms with van der Waals surface area (Å²) in [5.74, 6) is 0.489. The van der Waals surface area contributed by atoms with Crippen molar-refractivity contribution in [2.24, 2.45) is 45.8 Å². The van der Waals surface area contributed by atoms with Crippen LogP contribution >= 0.6 is 0 Å². The van der Waals surface area contributed by atoms with Crippen molar-refractivity contribution in [2.45, 2.75) is 139 Å². The Labute approximate surface area is 444 Å². The first-order valence-electron chi connectivity index (χ1n) is 28.5. The molecule has 11 heteroatoms. The Bertz CT molecular complexity index is 3280. The number of aromatic nitrogens is 2. The molecule has 0 unspecified atom stereocenters. The van der Waals surface area contributed by atoms with E-state index >= 15 is 0 Å². The summed E-state index contributed by atoms with van der Waals surface area (Å²) in [6, 6.07) is 29.4. The van der Waals surface area contributed by atoms with Crippen LogP contribution in [0.1, 0.15) is 128 Å². The molecule has 14 atom stereocenters. The number of aromatic hydroxyl groups is 5. The van der Waals surface area contributed by atoms with Gasteiger partial charge >= 0.3 is 0 Å². The molecular weight excluding hydrogens is 949 g/mol. The lowest BCUT2D eigenvalue weighted by atomic mass is 9.30. The van der Waals surface area contributed by atoms with Gasteiger partial charge in [-0.25, -0.2) is 4.98 Å². The third-order valence-electron chi connectivity index (χ3n) is 21.9. The second-order valence-electron chi connectivity index (χ2n) is 24.9. The lowest BCUT2D eigenvalue weighted by Gasteiger charge is -2.75. The Kier molecular flexibility index (Phi) is 11.4. The average Bonchev–Trinajstić information content (AvgIpc) is 4.32. The number of nitrogens with one attached hydrogen (secondary N) is 3. The molecule has 6 aliphatic carbocycles. The van der Waals surface area contributed by atoms with Crippen molar-refractivity contribution in [3.05, 3.63) is 154 Å². The number of piperidine rings is 2. The minimum Gasteiger partial charge on any atom is -0.507 e. The molecule has 2 saturated heterocycles. The number of rotatable bonds is 8. The number of benzene rings is 5. The maximum atomic E-state index is 13.1. The quantitative estimate of drug-likeness (QED) is 0.0398. The van der Waals surface area contributed by atoms with Crippen molar-refractivity contribution < 1.29 is 35.7 Å². The first-order chi connectivity index (χ1) is 36.9. The Balaban J connectivity index is 0.871. The summed E-state index contributed by atoms with van der Waals surface area (Å²) in [5, 5.41) is 88.6. The molecule has 3 heterocycles. The van der Waals surface area contributed by atoms with Crippen LogP contribution in [0.2, 0.25) is 0 Å². The van der Waals surface area contributed by atoms with E-state index in [9.17, 15) is 35.7 Å². The third-order valence-corrected chi connectivity index (χ3v) is 21.9. The number of hydrogen-bond acceptors (Lipinski definition) is 10. The Morgan fingerprint density at radius 3 is 2.38 bits per heavy atom. The highest BCUT2D eigenvalue weighted by molar-refractivity contribution is 6.03. The molecule has 8 aliphatic rings. The topological polar surface area (TPSA) is 194 Å². The van der Waals surface area contributed by atoms with E-state index in [1.54, 1.807) is 18.2 Å². The molecule has 0 amide bonds. The Morgan fingerprint density at radius 2 is 1.54 bits per heavy atom. The van der Waals surface area contributed by atoms with Crippen LogP contribution in [-0.4, -0.2) is 70.1 Å². The van der Waals surface area contributed by atoms with Crippen molar-refractivity contribution in [3.8, 4) is 28.7 Å². The minimum absolute atomic E-state index is 0.00668. The molecule has 4 saturated carbocycles. The second kappa shape index (κ2) is 18.0. The summed E-state index contributed by atoms with van der Waals surface area (Å²) in [6.07, 6.45) is 24.8. The lowest BCUT2D eigenvalue weighted by molar-refractivity contribution is -0.231. The van der Waals surface area contributed by atoms with Crippen LogP contribution in [0.3, 0.4) is 0 Å². The van der Waals surface area contributed by atoms with Gasteiger partial charge in [-0.3, -0.25) is 5.32 Å². The number of aliphatic hydroxyl groups excluding tert-OH is 2. The van der Waals surface area contributed by atoms with Crippen molar-refractivity contribution in [2.75, 3.05) is 0 Å². The molecule has 76 heavy (non-hydrogen) atoms. The molecule has 0 radical (unpaired) electrons. The number of phenols is 5. The molecule has 11 nitrogen and oxygen atoms in total. The van der Waals surface area contributed by atoms with E-state index in [4.69, 9.17) is 4.98 Å². The molecule has 14 rings (SSSR count). The van der Waals surface area contributed by atoms with Crippen molar-refractivity contribution in [3.63, 3.8) is 0 Å². The fraction of sp³-hybridized carbons (Fsp3) is 0.462. The number of phenolic OH excluding ortho intramolecular Hbond substituents is 5. The van der Waals surface area contributed by atoms with Gasteiger partial charge in [-0.1, -0.05) is 104 Å². The normalized spacial score (nSPS) is 36.0. The van der Waals surface area contributed by atoms with E-state index in [0.29, 0.717) is 59.1 Å². The molecule has 2 aliphatic heterocycles. The van der Waals surface area contributed by atoms with Gasteiger partial charge in [-0.2, -0.15) is 0 Å². The van der Waals surface area contributed by atoms with E-state index < -0.39 is 17.7 Å². The molecule has 1 aromatic heterocycles. The van der Waals surface area contributed by atoms with Gasteiger partial charge in [0.1, 0.15) is 12.0 Å². The molecular formula is C65H72N4O7. The molecule has 3 spiro atoms. The summed E-state index contributed by atoms with van der Waals surface area (Å²) in [4.78, 5) is 9.33. The standard InChI is InChI=1S/C65H72N4O7/c70-51-25-15-39(31-54(51)73)14-22-45-46-9-4-10-52(71)56(46)58(76)57(75)47(45)23-13-37-11-16-40(17-12-37)50-34-62(33-44(68-55(74)35-62)30-38-6-2-1-3-7-38)48-32-43-19-18-42-20-24-49-61(67-36-66-49)65(60(48)69-50)59-53(72)26-21-41-8-5-27-63(41,59)28-29-64(42,43)65/h1-4,6-7,9-12,14-17,21-22,25-26,31,36,41-44,48,50,53,55,59-60,68-76H,5,8,13,18-20,23-24,27-30,32-35H2,(H,66,67)/b22-14+/t41-,42-,43+,44+,48+,50+,53-,55+,59+,60-,62+,63+,64+,65+/m0/s1. The summed E-state index contributed by atoms with van der Waals surface area (Å²) in [6.45, 7) is 0. The highest BCUT2D eigenvalue weighted by Crippen LogP contribution is 2.81. The van der Waals surface area contributed by atoms with Gasteiger partial charge in [0.05, 0.1) is 23.5 Å². The highest BCUT2D eigenvalue weighted by Gasteiger charge is 2.80. The maximum Gasteiger partial charge on any atom is 0.169 e. The average molecular weight is 1020 g/mol. The smallest absolute Gasteiger partial charge is 0.169 e. The molecule has 394 valence electrons. The fourth-order valence-electron chi connectivity index (χ4n) is 19.4. The number of fused-ring (bicyclic) bond motifs is 4. The first kappa shape index (κ1) is 48.3. The summed E-state index contributed by atoms with van der Waals surface area (Å²) in [7, 11) is 0. The Morgan fingerprint density at radius 1 is 0.697 bits per heavy atom. The van der Waals surface area contributed by atoms with Gasteiger partial charge < -0.3 is 46.0 Å². The lowest BCUT2D eigenvalue weighted by Crippen LogP contribution is -2.79. The number of aliphatic hydroxyl groups is 2. The van der Waals surface area contributed by atoms with E-state index in [1.165, 1.54) is 79.2 Å². The molecule has 6 fully saturated rings. The van der Waals surface area contributed by atoms with Gasteiger partial charge in [0.15, 0.2) is 23.0 Å². The SMILES string of the molecule is Oc1ccc(/C=C/c2c(CCc3ccc([C@H]4C[C@@]5(C[C@@H](Cc6ccccc6)N[C@H](O)C5)[C@@H]5C[C@H]6CC[C@H]7CCc8[nH]cnc8[C@@]8([C@@H]9[C@@H](O)C=C[C@@H]%10CCC[C@@]%109CC[C@@]768)[C@H]5N4)cc3)c(O)c(O)c3c(O)cccc23)cc1O. The van der Waals surface area contributed by atoms with Crippen LogP contribution in [-0.2, 0) is 31.1 Å². The van der Waals surface area contributed by atoms with Gasteiger partial charge in [-0.15, -0.1) is 0 Å². The predicted octanol–water partition coefficient (Wildman–Crippen LogP) is 10.8. The number of allylic oxidation sites excluding steroid dienone is 1. The number of aromatic amines is 1. The zero-order valence-electron chi connectivity index (χ0n) is 43.2. The molecule has 10 N–H and O–H groups in total. The van der Waals surface area contributed by atoms with Crippen LogP contribution < -0.4 is 10.6 Å². The number of hydrogen-bond donors (Lipinski definition) is 10. The molecule has 5 aromatic carbocycles. The van der Waals surface area contributed by atoms with Gasteiger partial charge in [0.25, 0.3) is 0 Å². The van der Waals surface area contributed by atoms with E-state index in [1.807, 2.05) is 18.5 Å². The molecule has 0 bridgehead atoms. The minimum atomic E-state index is -0.650. The van der Waals surface area contributed by atoms with E-state index in [-0.39, 0.29) is 80.3 Å². The highest BCUT2D eigenvalue weighted by atomic mass is 16.3. The third kappa shape index (κ3) is 7.03. The number of nitrogens with zero attached hydrogens (tertiary/aromatic N) is 1. The van der Waals surface area contributed by atoms with Crippen molar-refractivity contribution in [1.29, 1.82) is 0 Å². The van der Waals surface area contributed by atoms with E-state index in [0.717, 1.165) is 50.5 Å².